The molecule has 1 atom stereocenters. The summed E-state index contributed by atoms with van der Waals surface area (Å²) in [6.45, 7) is 7.47. The molecule has 1 aromatic heterocycles. The normalized spacial score (nSPS) is 12.4. The molecule has 0 fully saturated rings. The highest BCUT2D eigenvalue weighted by Gasteiger charge is 2.14. The van der Waals surface area contributed by atoms with Crippen LogP contribution in [-0.4, -0.2) is 11.5 Å². The number of aryl methyl sites for hydroxylation is 2. The molecular formula is C17H22N2. The number of pyridine rings is 1. The number of nitrogens with one attached hydrogen (secondary N) is 1. The minimum Gasteiger partial charge on any atom is -0.305 e. The number of hydrogen-bond acceptors (Lipinski definition) is 2. The predicted molar refractivity (Wildman–Crippen MR) is 80.3 cm³/mol. The second-order valence-corrected chi connectivity index (χ2v) is 5.06. The van der Waals surface area contributed by atoms with Gasteiger partial charge in [0.05, 0.1) is 11.7 Å². The lowest BCUT2D eigenvalue weighted by atomic mass is 9.98. The third-order valence-electron chi connectivity index (χ3n) is 3.16. The van der Waals surface area contributed by atoms with Gasteiger partial charge in [0.25, 0.3) is 0 Å². The number of benzene rings is 1. The van der Waals surface area contributed by atoms with Crippen molar-refractivity contribution in [1.82, 2.24) is 10.3 Å². The van der Waals surface area contributed by atoms with Crippen LogP contribution in [0.3, 0.4) is 0 Å². The molecule has 2 heteroatoms. The van der Waals surface area contributed by atoms with Crippen LogP contribution in [0.2, 0.25) is 0 Å². The van der Waals surface area contributed by atoms with Crippen LogP contribution in [0.1, 0.15) is 41.8 Å². The average Bonchev–Trinajstić information content (AvgIpc) is 2.39. The van der Waals surface area contributed by atoms with Gasteiger partial charge in [-0.2, -0.15) is 0 Å². The van der Waals surface area contributed by atoms with E-state index < -0.39 is 0 Å². The maximum atomic E-state index is 4.51. The van der Waals surface area contributed by atoms with Crippen molar-refractivity contribution in [2.24, 2.45) is 0 Å². The molecule has 1 heterocycles. The maximum absolute atomic E-state index is 4.51. The molecule has 19 heavy (non-hydrogen) atoms. The van der Waals surface area contributed by atoms with Crippen molar-refractivity contribution in [2.45, 2.75) is 33.2 Å². The lowest BCUT2D eigenvalue weighted by molar-refractivity contribution is 0.586. The van der Waals surface area contributed by atoms with Gasteiger partial charge in [0.2, 0.25) is 0 Å². The van der Waals surface area contributed by atoms with Crippen LogP contribution < -0.4 is 5.32 Å². The smallest absolute Gasteiger partial charge is 0.0751 e. The molecule has 1 aromatic carbocycles. The van der Waals surface area contributed by atoms with Gasteiger partial charge < -0.3 is 5.32 Å². The van der Waals surface area contributed by atoms with E-state index >= 15 is 0 Å². The van der Waals surface area contributed by atoms with E-state index in [9.17, 15) is 0 Å². The standard InChI is InChI=1S/C17H22N2/c1-4-8-19-17(16-7-5-6-9-18-16)15-11-13(2)10-14(3)12-15/h5-7,9-12,17,19H,4,8H2,1-3H3. The van der Waals surface area contributed by atoms with Crippen molar-refractivity contribution >= 4 is 0 Å². The maximum Gasteiger partial charge on any atom is 0.0751 e. The first-order valence-corrected chi connectivity index (χ1v) is 6.93. The third-order valence-corrected chi connectivity index (χ3v) is 3.16. The van der Waals surface area contributed by atoms with Gasteiger partial charge in [0, 0.05) is 6.20 Å². The van der Waals surface area contributed by atoms with Crippen LogP contribution in [0.15, 0.2) is 42.6 Å². The fourth-order valence-corrected chi connectivity index (χ4v) is 2.41. The molecule has 100 valence electrons. The minimum atomic E-state index is 0.180. The monoisotopic (exact) mass is 254 g/mol. The van der Waals surface area contributed by atoms with Gasteiger partial charge >= 0.3 is 0 Å². The van der Waals surface area contributed by atoms with Crippen LogP contribution in [0.25, 0.3) is 0 Å². The lowest BCUT2D eigenvalue weighted by Crippen LogP contribution is -2.24. The van der Waals surface area contributed by atoms with Crippen molar-refractivity contribution in [3.8, 4) is 0 Å². The molecule has 0 radical (unpaired) electrons. The Kier molecular flexibility index (Phi) is 4.69. The van der Waals surface area contributed by atoms with Crippen LogP contribution in [0, 0.1) is 13.8 Å². The van der Waals surface area contributed by atoms with Gasteiger partial charge in [0.1, 0.15) is 0 Å². The van der Waals surface area contributed by atoms with E-state index in [1.165, 1.54) is 16.7 Å². The Morgan fingerprint density at radius 3 is 2.42 bits per heavy atom. The molecule has 0 saturated heterocycles. The summed E-state index contributed by atoms with van der Waals surface area (Å²) in [5.41, 5.74) is 4.98. The van der Waals surface area contributed by atoms with E-state index in [4.69, 9.17) is 0 Å². The first-order valence-electron chi connectivity index (χ1n) is 6.93. The van der Waals surface area contributed by atoms with Gasteiger partial charge in [-0.1, -0.05) is 42.3 Å². The SMILES string of the molecule is CCCNC(c1cc(C)cc(C)c1)c1ccccn1. The zero-order valence-corrected chi connectivity index (χ0v) is 12.0. The largest absolute Gasteiger partial charge is 0.305 e. The molecule has 0 saturated carbocycles. The highest BCUT2D eigenvalue weighted by Crippen LogP contribution is 2.22. The van der Waals surface area contributed by atoms with Crippen LogP contribution >= 0.6 is 0 Å². The van der Waals surface area contributed by atoms with E-state index in [0.29, 0.717) is 0 Å². The molecule has 2 aromatic rings. The second-order valence-electron chi connectivity index (χ2n) is 5.06. The molecule has 2 nitrogen and oxygen atoms in total. The molecule has 0 bridgehead atoms. The summed E-state index contributed by atoms with van der Waals surface area (Å²) in [7, 11) is 0. The highest BCUT2D eigenvalue weighted by atomic mass is 14.9. The fourth-order valence-electron chi connectivity index (χ4n) is 2.41. The van der Waals surface area contributed by atoms with Crippen LogP contribution in [-0.2, 0) is 0 Å². The van der Waals surface area contributed by atoms with Crippen molar-refractivity contribution in [1.29, 1.82) is 0 Å². The molecule has 0 aliphatic carbocycles. The third kappa shape index (κ3) is 3.65. The Morgan fingerprint density at radius 2 is 1.84 bits per heavy atom. The Balaban J connectivity index is 2.36. The van der Waals surface area contributed by atoms with Gasteiger partial charge in [-0.3, -0.25) is 4.98 Å². The Morgan fingerprint density at radius 1 is 1.11 bits per heavy atom. The van der Waals surface area contributed by atoms with Gasteiger partial charge in [-0.05, 0) is 44.5 Å². The molecule has 1 N–H and O–H groups in total. The van der Waals surface area contributed by atoms with Crippen LogP contribution in [0.4, 0.5) is 0 Å². The lowest BCUT2D eigenvalue weighted by Gasteiger charge is -2.19. The molecular weight excluding hydrogens is 232 g/mol. The number of aromatic nitrogens is 1. The Labute approximate surface area is 115 Å². The molecule has 0 aliphatic rings. The molecule has 1 unspecified atom stereocenters. The van der Waals surface area contributed by atoms with E-state index in [1.807, 2.05) is 18.3 Å². The Hall–Kier alpha value is -1.67. The van der Waals surface area contributed by atoms with E-state index in [1.54, 1.807) is 0 Å². The second kappa shape index (κ2) is 6.48. The van der Waals surface area contributed by atoms with Crippen molar-refractivity contribution in [3.05, 3.63) is 65.0 Å². The topological polar surface area (TPSA) is 24.9 Å². The minimum absolute atomic E-state index is 0.180. The summed E-state index contributed by atoms with van der Waals surface area (Å²) >= 11 is 0. The summed E-state index contributed by atoms with van der Waals surface area (Å²) in [6.07, 6.45) is 2.98. The fraction of sp³-hybridized carbons (Fsp3) is 0.353. The first kappa shape index (κ1) is 13.8. The molecule has 0 spiro atoms. The zero-order valence-electron chi connectivity index (χ0n) is 12.0. The van der Waals surface area contributed by atoms with E-state index in [-0.39, 0.29) is 6.04 Å². The first-order chi connectivity index (χ1) is 9.20. The number of nitrogens with zero attached hydrogens (tertiary/aromatic N) is 1. The van der Waals surface area contributed by atoms with Gasteiger partial charge in [0.15, 0.2) is 0 Å². The van der Waals surface area contributed by atoms with Crippen molar-refractivity contribution < 1.29 is 0 Å². The highest BCUT2D eigenvalue weighted by molar-refractivity contribution is 5.34. The summed E-state index contributed by atoms with van der Waals surface area (Å²) in [5, 5.41) is 3.59. The summed E-state index contributed by atoms with van der Waals surface area (Å²) in [4.78, 5) is 4.51. The quantitative estimate of drug-likeness (QED) is 0.878. The number of hydrogen-bond donors (Lipinski definition) is 1. The molecule has 0 amide bonds. The summed E-state index contributed by atoms with van der Waals surface area (Å²) < 4.78 is 0. The van der Waals surface area contributed by atoms with E-state index in [2.05, 4.69) is 55.3 Å². The van der Waals surface area contributed by atoms with E-state index in [0.717, 1.165) is 18.7 Å². The molecule has 2 rings (SSSR count). The average molecular weight is 254 g/mol. The zero-order chi connectivity index (χ0) is 13.7. The predicted octanol–water partition coefficient (Wildman–Crippen LogP) is 3.79. The Bertz CT molecular complexity index is 500. The molecule has 0 aliphatic heterocycles. The summed E-state index contributed by atoms with van der Waals surface area (Å²) in [6, 6.07) is 13.0. The van der Waals surface area contributed by atoms with Crippen molar-refractivity contribution in [2.75, 3.05) is 6.54 Å². The van der Waals surface area contributed by atoms with Crippen LogP contribution in [0.5, 0.6) is 0 Å². The van der Waals surface area contributed by atoms with Crippen molar-refractivity contribution in [3.63, 3.8) is 0 Å². The number of rotatable bonds is 5. The van der Waals surface area contributed by atoms with Gasteiger partial charge in [-0.25, -0.2) is 0 Å². The van der Waals surface area contributed by atoms with Gasteiger partial charge in [-0.15, -0.1) is 0 Å². The summed E-state index contributed by atoms with van der Waals surface area (Å²) in [5.74, 6) is 0.